The molecule has 5 nitrogen and oxygen atoms in total. The van der Waals surface area contributed by atoms with Crippen molar-refractivity contribution in [3.8, 4) is 0 Å². The number of hydrogen-bond acceptors (Lipinski definition) is 4. The zero-order chi connectivity index (χ0) is 15.4. The minimum Gasteiger partial charge on any atom is -0.469 e. The van der Waals surface area contributed by atoms with Crippen LogP contribution < -0.4 is 0 Å². The summed E-state index contributed by atoms with van der Waals surface area (Å²) in [4.78, 5) is 25.7. The Kier molecular flexibility index (Phi) is 4.96. The van der Waals surface area contributed by atoms with Gasteiger partial charge in [-0.2, -0.15) is 0 Å². The molecule has 1 N–H and O–H groups in total. The lowest BCUT2D eigenvalue weighted by Crippen LogP contribution is -2.42. The van der Waals surface area contributed by atoms with E-state index in [-0.39, 0.29) is 17.8 Å². The van der Waals surface area contributed by atoms with Gasteiger partial charge in [-0.3, -0.25) is 9.59 Å². The third-order valence-electron chi connectivity index (χ3n) is 3.88. The molecule has 0 radical (unpaired) electrons. The van der Waals surface area contributed by atoms with E-state index >= 15 is 0 Å². The Morgan fingerprint density at radius 2 is 2.00 bits per heavy atom. The number of amides is 1. The number of likely N-dealkylation sites (tertiary alicyclic amines) is 1. The summed E-state index contributed by atoms with van der Waals surface area (Å²) in [6, 6.07) is 6.93. The van der Waals surface area contributed by atoms with Gasteiger partial charge in [0, 0.05) is 18.7 Å². The summed E-state index contributed by atoms with van der Waals surface area (Å²) in [6.07, 6.45) is 1.02. The van der Waals surface area contributed by atoms with Crippen molar-refractivity contribution in [3.05, 3.63) is 35.4 Å². The molecule has 0 saturated carbocycles. The van der Waals surface area contributed by atoms with Crippen LogP contribution >= 0.6 is 0 Å². The van der Waals surface area contributed by atoms with Gasteiger partial charge in [-0.25, -0.2) is 0 Å². The molecule has 1 fully saturated rings. The van der Waals surface area contributed by atoms with Gasteiger partial charge in [-0.15, -0.1) is 0 Å². The van der Waals surface area contributed by atoms with Crippen molar-refractivity contribution < 1.29 is 19.4 Å². The molecule has 2 rings (SSSR count). The van der Waals surface area contributed by atoms with Gasteiger partial charge in [0.05, 0.1) is 19.1 Å². The predicted molar refractivity (Wildman–Crippen MR) is 77.7 cm³/mol. The quantitative estimate of drug-likeness (QED) is 0.862. The van der Waals surface area contributed by atoms with Crippen molar-refractivity contribution in [2.45, 2.75) is 25.9 Å². The van der Waals surface area contributed by atoms with Gasteiger partial charge in [-0.05, 0) is 37.5 Å². The molecule has 0 bridgehead atoms. The second-order valence-corrected chi connectivity index (χ2v) is 5.41. The highest BCUT2D eigenvalue weighted by atomic mass is 16.5. The van der Waals surface area contributed by atoms with Crippen LogP contribution in [0.3, 0.4) is 0 Å². The summed E-state index contributed by atoms with van der Waals surface area (Å²) >= 11 is 0. The first-order valence-corrected chi connectivity index (χ1v) is 7.18. The third-order valence-corrected chi connectivity index (χ3v) is 3.88. The molecule has 114 valence electrons. The molecule has 1 aliphatic heterocycles. The summed E-state index contributed by atoms with van der Waals surface area (Å²) < 4.78 is 4.76. The van der Waals surface area contributed by atoms with Crippen molar-refractivity contribution in [1.82, 2.24) is 4.90 Å². The summed E-state index contributed by atoms with van der Waals surface area (Å²) in [5.41, 5.74) is 1.35. The monoisotopic (exact) mass is 291 g/mol. The molecule has 1 saturated heterocycles. The number of benzene rings is 1. The van der Waals surface area contributed by atoms with Gasteiger partial charge in [-0.1, -0.05) is 12.1 Å². The van der Waals surface area contributed by atoms with Crippen LogP contribution in [0, 0.1) is 5.92 Å². The fraction of sp³-hybridized carbons (Fsp3) is 0.500. The Bertz CT molecular complexity index is 510. The summed E-state index contributed by atoms with van der Waals surface area (Å²) in [5.74, 6) is -0.567. The smallest absolute Gasteiger partial charge is 0.310 e. The van der Waals surface area contributed by atoms with Crippen LogP contribution in [-0.4, -0.2) is 42.1 Å². The number of rotatable bonds is 3. The van der Waals surface area contributed by atoms with Crippen LogP contribution in [-0.2, 0) is 9.53 Å². The van der Waals surface area contributed by atoms with E-state index in [2.05, 4.69) is 0 Å². The minimum atomic E-state index is -0.548. The van der Waals surface area contributed by atoms with E-state index in [4.69, 9.17) is 4.74 Å². The van der Waals surface area contributed by atoms with Gasteiger partial charge in [0.1, 0.15) is 0 Å². The molecule has 1 aromatic carbocycles. The number of piperidine rings is 1. The number of esters is 1. The van der Waals surface area contributed by atoms with E-state index in [1.165, 1.54) is 7.11 Å². The largest absolute Gasteiger partial charge is 0.469 e. The van der Waals surface area contributed by atoms with Crippen LogP contribution in [0.4, 0.5) is 0 Å². The van der Waals surface area contributed by atoms with Crippen LogP contribution in [0.25, 0.3) is 0 Å². The van der Waals surface area contributed by atoms with Gasteiger partial charge in [0.2, 0.25) is 0 Å². The van der Waals surface area contributed by atoms with Crippen molar-refractivity contribution in [2.75, 3.05) is 20.2 Å². The first-order valence-electron chi connectivity index (χ1n) is 7.18. The van der Waals surface area contributed by atoms with E-state index in [0.717, 1.165) is 18.4 Å². The molecule has 5 heteroatoms. The SMILES string of the molecule is COC(=O)C1CCCN(C(=O)c2ccc([C@@H](C)O)cc2)C1. The van der Waals surface area contributed by atoms with Crippen molar-refractivity contribution in [2.24, 2.45) is 5.92 Å². The predicted octanol–water partition coefficient (Wildman–Crippen LogP) is 1.77. The topological polar surface area (TPSA) is 66.8 Å². The average molecular weight is 291 g/mol. The van der Waals surface area contributed by atoms with Crippen molar-refractivity contribution in [3.63, 3.8) is 0 Å². The second kappa shape index (κ2) is 6.72. The molecule has 1 aromatic rings. The van der Waals surface area contributed by atoms with Crippen LogP contribution in [0.2, 0.25) is 0 Å². The van der Waals surface area contributed by atoms with E-state index in [9.17, 15) is 14.7 Å². The Hall–Kier alpha value is -1.88. The number of hydrogen-bond donors (Lipinski definition) is 1. The highest BCUT2D eigenvalue weighted by molar-refractivity contribution is 5.94. The lowest BCUT2D eigenvalue weighted by Gasteiger charge is -2.31. The molecular formula is C16H21NO4. The highest BCUT2D eigenvalue weighted by Crippen LogP contribution is 2.20. The molecule has 1 heterocycles. The molecule has 1 aliphatic rings. The van der Waals surface area contributed by atoms with Gasteiger partial charge in [0.25, 0.3) is 5.91 Å². The Labute approximate surface area is 124 Å². The van der Waals surface area contributed by atoms with Gasteiger partial charge in [0.15, 0.2) is 0 Å². The number of nitrogens with zero attached hydrogens (tertiary/aromatic N) is 1. The first kappa shape index (κ1) is 15.5. The average Bonchev–Trinajstić information content (AvgIpc) is 2.53. The minimum absolute atomic E-state index is 0.0826. The summed E-state index contributed by atoms with van der Waals surface area (Å²) in [5, 5.41) is 9.48. The summed E-state index contributed by atoms with van der Waals surface area (Å²) in [6.45, 7) is 2.75. The third kappa shape index (κ3) is 3.61. The molecular weight excluding hydrogens is 270 g/mol. The lowest BCUT2D eigenvalue weighted by atomic mass is 9.97. The number of ether oxygens (including phenoxy) is 1. The molecule has 2 atom stereocenters. The normalized spacial score (nSPS) is 20.0. The maximum Gasteiger partial charge on any atom is 0.310 e. The summed E-state index contributed by atoms with van der Waals surface area (Å²) in [7, 11) is 1.37. The highest BCUT2D eigenvalue weighted by Gasteiger charge is 2.29. The second-order valence-electron chi connectivity index (χ2n) is 5.41. The molecule has 0 aromatic heterocycles. The van der Waals surface area contributed by atoms with Gasteiger partial charge >= 0.3 is 5.97 Å². The van der Waals surface area contributed by atoms with Gasteiger partial charge < -0.3 is 14.7 Å². The van der Waals surface area contributed by atoms with Crippen molar-refractivity contribution >= 4 is 11.9 Å². The molecule has 0 spiro atoms. The maximum absolute atomic E-state index is 12.4. The molecule has 1 unspecified atom stereocenters. The van der Waals surface area contributed by atoms with Crippen molar-refractivity contribution in [1.29, 1.82) is 0 Å². The Morgan fingerprint density at radius 1 is 1.33 bits per heavy atom. The number of aliphatic hydroxyl groups excluding tert-OH is 1. The fourth-order valence-electron chi connectivity index (χ4n) is 2.61. The van der Waals surface area contributed by atoms with E-state index in [1.54, 1.807) is 36.1 Å². The zero-order valence-corrected chi connectivity index (χ0v) is 12.4. The Morgan fingerprint density at radius 3 is 2.57 bits per heavy atom. The van der Waals surface area contributed by atoms with E-state index in [0.29, 0.717) is 18.7 Å². The van der Waals surface area contributed by atoms with Crippen LogP contribution in [0.15, 0.2) is 24.3 Å². The first-order chi connectivity index (χ1) is 10.0. The number of methoxy groups -OCH3 is 1. The van der Waals surface area contributed by atoms with E-state index < -0.39 is 6.10 Å². The van der Waals surface area contributed by atoms with Crippen LogP contribution in [0.5, 0.6) is 0 Å². The zero-order valence-electron chi connectivity index (χ0n) is 12.4. The molecule has 21 heavy (non-hydrogen) atoms. The molecule has 1 amide bonds. The standard InChI is InChI=1S/C16H21NO4/c1-11(18)12-5-7-13(8-6-12)15(19)17-9-3-4-14(10-17)16(20)21-2/h5-8,11,14,18H,3-4,9-10H2,1-2H3/t11-,14?/m1/s1. The fourth-order valence-corrected chi connectivity index (χ4v) is 2.61. The number of aliphatic hydroxyl groups is 1. The Balaban J connectivity index is 2.06. The van der Waals surface area contributed by atoms with E-state index in [1.807, 2.05) is 0 Å². The number of carbonyl (C=O) groups is 2. The van der Waals surface area contributed by atoms with Crippen LogP contribution in [0.1, 0.15) is 41.8 Å². The molecule has 0 aliphatic carbocycles. The lowest BCUT2D eigenvalue weighted by molar-refractivity contribution is -0.146. The maximum atomic E-state index is 12.4. The number of carbonyl (C=O) groups excluding carboxylic acids is 2.